The Balaban J connectivity index is 1.79. The van der Waals surface area contributed by atoms with Gasteiger partial charge in [-0.2, -0.15) is 13.2 Å². The van der Waals surface area contributed by atoms with Gasteiger partial charge in [0.1, 0.15) is 11.1 Å². The van der Waals surface area contributed by atoms with Crippen LogP contribution in [0.15, 0.2) is 82.6 Å². The average molecular weight is 525 g/mol. The summed E-state index contributed by atoms with van der Waals surface area (Å²) >= 11 is 1.21. The lowest BCUT2D eigenvalue weighted by molar-refractivity contribution is -0.141. The molecule has 0 radical (unpaired) electrons. The SMILES string of the molecule is CCN1CC(C(=O)O)n2c(c(-c3cccc(C(F)(F)F)c3)c(Cc3cccc4ccccc34)cc2=O)S1. The van der Waals surface area contributed by atoms with E-state index in [1.807, 2.05) is 53.7 Å². The topological polar surface area (TPSA) is 62.5 Å². The molecule has 0 fully saturated rings. The molecular formula is C28H23F3N2O3S. The zero-order valence-corrected chi connectivity index (χ0v) is 20.6. The maximum absolute atomic E-state index is 13.6. The Labute approximate surface area is 215 Å². The third-order valence-corrected chi connectivity index (χ3v) is 7.81. The Kier molecular flexibility index (Phi) is 6.59. The van der Waals surface area contributed by atoms with Crippen molar-refractivity contribution >= 4 is 28.7 Å². The van der Waals surface area contributed by atoms with Crippen LogP contribution in [0.1, 0.15) is 29.7 Å². The maximum atomic E-state index is 13.6. The van der Waals surface area contributed by atoms with Crippen LogP contribution in [0.5, 0.6) is 0 Å². The number of halogens is 3. The van der Waals surface area contributed by atoms with Crippen LogP contribution in [0, 0.1) is 0 Å². The van der Waals surface area contributed by atoms with Crippen molar-refractivity contribution in [2.75, 3.05) is 13.1 Å². The van der Waals surface area contributed by atoms with Gasteiger partial charge in [0.25, 0.3) is 5.56 Å². The van der Waals surface area contributed by atoms with Crippen molar-refractivity contribution in [1.82, 2.24) is 8.87 Å². The quantitative estimate of drug-likeness (QED) is 0.313. The summed E-state index contributed by atoms with van der Waals surface area (Å²) in [4.78, 5) is 25.5. The number of carbonyl (C=O) groups is 1. The molecule has 190 valence electrons. The predicted octanol–water partition coefficient (Wildman–Crippen LogP) is 6.25. The molecule has 0 saturated carbocycles. The molecule has 0 spiro atoms. The first-order valence-electron chi connectivity index (χ1n) is 11.8. The molecule has 5 rings (SSSR count). The Morgan fingerprint density at radius 1 is 1.03 bits per heavy atom. The van der Waals surface area contributed by atoms with E-state index in [2.05, 4.69) is 0 Å². The molecule has 1 aliphatic rings. The van der Waals surface area contributed by atoms with Gasteiger partial charge in [0, 0.05) is 24.7 Å². The minimum atomic E-state index is -4.55. The number of benzene rings is 3. The van der Waals surface area contributed by atoms with Gasteiger partial charge in [0.2, 0.25) is 0 Å². The summed E-state index contributed by atoms with van der Waals surface area (Å²) in [5.74, 6) is -1.17. The zero-order valence-electron chi connectivity index (χ0n) is 19.8. The van der Waals surface area contributed by atoms with Gasteiger partial charge in [-0.05, 0) is 58.0 Å². The van der Waals surface area contributed by atoms with Gasteiger partial charge in [-0.15, -0.1) is 0 Å². The van der Waals surface area contributed by atoms with E-state index in [0.29, 0.717) is 29.1 Å². The van der Waals surface area contributed by atoms with E-state index in [0.717, 1.165) is 28.5 Å². The van der Waals surface area contributed by atoms with Crippen molar-refractivity contribution in [3.63, 3.8) is 0 Å². The Morgan fingerprint density at radius 2 is 1.76 bits per heavy atom. The second-order valence-electron chi connectivity index (χ2n) is 8.88. The molecule has 0 saturated heterocycles. The molecule has 1 N–H and O–H groups in total. The predicted molar refractivity (Wildman–Crippen MR) is 138 cm³/mol. The first-order valence-corrected chi connectivity index (χ1v) is 12.5. The Hall–Kier alpha value is -3.56. The van der Waals surface area contributed by atoms with Crippen molar-refractivity contribution in [3.8, 4) is 11.1 Å². The third kappa shape index (κ3) is 4.76. The summed E-state index contributed by atoms with van der Waals surface area (Å²) in [5, 5.41) is 12.2. The number of nitrogens with zero attached hydrogens (tertiary/aromatic N) is 2. The van der Waals surface area contributed by atoms with Crippen molar-refractivity contribution in [2.45, 2.75) is 30.6 Å². The van der Waals surface area contributed by atoms with Gasteiger partial charge in [0.05, 0.1) is 5.56 Å². The molecule has 4 aromatic rings. The van der Waals surface area contributed by atoms with Crippen LogP contribution in [0.4, 0.5) is 13.2 Å². The third-order valence-electron chi connectivity index (χ3n) is 6.57. The van der Waals surface area contributed by atoms with Gasteiger partial charge < -0.3 is 5.11 Å². The van der Waals surface area contributed by atoms with Crippen LogP contribution in [-0.2, 0) is 17.4 Å². The van der Waals surface area contributed by atoms with Crippen LogP contribution in [0.3, 0.4) is 0 Å². The number of fused-ring (bicyclic) bond motifs is 2. The molecule has 1 aliphatic heterocycles. The number of aromatic nitrogens is 1. The second-order valence-corrected chi connectivity index (χ2v) is 9.96. The second kappa shape index (κ2) is 9.72. The van der Waals surface area contributed by atoms with Crippen LogP contribution in [-0.4, -0.2) is 33.0 Å². The van der Waals surface area contributed by atoms with E-state index < -0.39 is 29.3 Å². The number of hydrogen-bond donors (Lipinski definition) is 1. The van der Waals surface area contributed by atoms with Crippen molar-refractivity contribution in [2.24, 2.45) is 0 Å². The smallest absolute Gasteiger partial charge is 0.416 e. The number of aliphatic carboxylic acids is 1. The first kappa shape index (κ1) is 25.1. The molecule has 0 bridgehead atoms. The van der Waals surface area contributed by atoms with E-state index in [1.54, 1.807) is 6.07 Å². The molecule has 0 amide bonds. The van der Waals surface area contributed by atoms with Gasteiger partial charge in [-0.25, -0.2) is 9.10 Å². The van der Waals surface area contributed by atoms with E-state index in [9.17, 15) is 27.9 Å². The molecule has 37 heavy (non-hydrogen) atoms. The molecule has 3 aromatic carbocycles. The normalized spacial score (nSPS) is 16.1. The molecule has 5 nitrogen and oxygen atoms in total. The molecule has 1 atom stereocenters. The summed E-state index contributed by atoms with van der Waals surface area (Å²) in [7, 11) is 0. The largest absolute Gasteiger partial charge is 0.480 e. The van der Waals surface area contributed by atoms with Crippen molar-refractivity contribution < 1.29 is 23.1 Å². The van der Waals surface area contributed by atoms with Crippen LogP contribution < -0.4 is 5.56 Å². The van der Waals surface area contributed by atoms with E-state index in [-0.39, 0.29) is 12.1 Å². The number of likely N-dealkylation sites (N-methyl/N-ethyl adjacent to an activating group) is 1. The molecule has 1 unspecified atom stereocenters. The van der Waals surface area contributed by atoms with Crippen LogP contribution in [0.2, 0.25) is 0 Å². The van der Waals surface area contributed by atoms with Crippen molar-refractivity contribution in [3.05, 3.63) is 99.8 Å². The highest BCUT2D eigenvalue weighted by molar-refractivity contribution is 7.97. The average Bonchev–Trinajstić information content (AvgIpc) is 2.88. The summed E-state index contributed by atoms with van der Waals surface area (Å²) in [5.41, 5.74) is 0.877. The van der Waals surface area contributed by atoms with Crippen molar-refractivity contribution in [1.29, 1.82) is 0 Å². The zero-order chi connectivity index (χ0) is 26.3. The number of rotatable bonds is 5. The molecule has 1 aromatic heterocycles. The molecular weight excluding hydrogens is 501 g/mol. The number of alkyl halides is 3. The summed E-state index contributed by atoms with van der Waals surface area (Å²) in [6.45, 7) is 2.47. The lowest BCUT2D eigenvalue weighted by Crippen LogP contribution is -2.42. The van der Waals surface area contributed by atoms with Crippen LogP contribution in [0.25, 0.3) is 21.9 Å². The van der Waals surface area contributed by atoms with Gasteiger partial charge in [-0.3, -0.25) is 9.36 Å². The summed E-state index contributed by atoms with van der Waals surface area (Å²) in [6.07, 6.45) is -4.26. The lowest BCUT2D eigenvalue weighted by Gasteiger charge is -2.34. The molecule has 2 heterocycles. The van der Waals surface area contributed by atoms with E-state index in [1.165, 1.54) is 28.6 Å². The number of carboxylic acids is 1. The van der Waals surface area contributed by atoms with Gasteiger partial charge >= 0.3 is 12.1 Å². The standard InChI is InChI=1S/C28H23F3N2O3S/c1-2-32-16-23(27(35)36)33-24(34)15-20(13-18-9-5-8-17-7-3-4-12-22(17)18)25(26(33)37-32)19-10-6-11-21(14-19)28(29,30)31/h3-12,14-15,23H,2,13,16H2,1H3,(H,35,36). The minimum absolute atomic E-state index is 0.105. The number of pyridine rings is 1. The fourth-order valence-electron chi connectivity index (χ4n) is 4.80. The van der Waals surface area contributed by atoms with Crippen LogP contribution >= 0.6 is 11.9 Å². The number of hydrogen-bond acceptors (Lipinski definition) is 4. The highest BCUT2D eigenvalue weighted by Crippen LogP contribution is 2.42. The molecule has 0 aliphatic carbocycles. The highest BCUT2D eigenvalue weighted by Gasteiger charge is 2.35. The number of carboxylic acid groups (broad SMARTS) is 1. The van der Waals surface area contributed by atoms with Gasteiger partial charge in [-0.1, -0.05) is 61.5 Å². The fourth-order valence-corrected chi connectivity index (χ4v) is 6.04. The fraction of sp³-hybridized carbons (Fsp3) is 0.214. The van der Waals surface area contributed by atoms with E-state index >= 15 is 0 Å². The maximum Gasteiger partial charge on any atom is 0.416 e. The van der Waals surface area contributed by atoms with E-state index in [4.69, 9.17) is 0 Å². The summed E-state index contributed by atoms with van der Waals surface area (Å²) in [6, 6.07) is 18.8. The lowest BCUT2D eigenvalue weighted by atomic mass is 9.93. The first-order chi connectivity index (χ1) is 17.7. The highest BCUT2D eigenvalue weighted by atomic mass is 32.2. The molecule has 9 heteroatoms. The van der Waals surface area contributed by atoms with Gasteiger partial charge in [0.15, 0.2) is 0 Å². The summed E-state index contributed by atoms with van der Waals surface area (Å²) < 4.78 is 44.0. The monoisotopic (exact) mass is 524 g/mol. The Bertz CT molecular complexity index is 1560. The Morgan fingerprint density at radius 3 is 2.49 bits per heavy atom. The minimum Gasteiger partial charge on any atom is -0.480 e.